The number of ketones is 1. The first-order chi connectivity index (χ1) is 22.8. The molecule has 0 radical (unpaired) electrons. The summed E-state index contributed by atoms with van der Waals surface area (Å²) in [6.07, 6.45) is 0. The van der Waals surface area contributed by atoms with Gasteiger partial charge in [-0.15, -0.1) is 10.2 Å². The summed E-state index contributed by atoms with van der Waals surface area (Å²) in [5.41, 5.74) is 2.65. The molecule has 6 rings (SSSR count). The van der Waals surface area contributed by atoms with Gasteiger partial charge >= 0.3 is 5.91 Å². The summed E-state index contributed by atoms with van der Waals surface area (Å²) in [5.74, 6) is -0.589. The minimum atomic E-state index is -1.04. The summed E-state index contributed by atoms with van der Waals surface area (Å²) < 4.78 is 12.6. The van der Waals surface area contributed by atoms with Crippen molar-refractivity contribution < 1.29 is 24.2 Å². The number of anilines is 1. The van der Waals surface area contributed by atoms with Crippen LogP contribution in [-0.4, -0.2) is 33.6 Å². The van der Waals surface area contributed by atoms with Gasteiger partial charge in [0.1, 0.15) is 12.4 Å². The van der Waals surface area contributed by atoms with Crippen molar-refractivity contribution in [1.82, 2.24) is 10.2 Å². The monoisotopic (exact) mass is 703 g/mol. The van der Waals surface area contributed by atoms with Crippen LogP contribution >= 0.6 is 46.3 Å². The van der Waals surface area contributed by atoms with E-state index in [9.17, 15) is 14.7 Å². The Bertz CT molecular complexity index is 1950. The number of carbonyl (C=O) groups is 2. The molecule has 1 aromatic heterocycles. The minimum absolute atomic E-state index is 0.0989. The molecular weight excluding hydrogens is 677 g/mol. The smallest absolute Gasteiger partial charge is 0.301 e. The molecule has 1 unspecified atom stereocenters. The number of rotatable bonds is 11. The molecule has 1 aliphatic rings. The lowest BCUT2D eigenvalue weighted by Crippen LogP contribution is -2.29. The molecule has 238 valence electrons. The quantitative estimate of drug-likeness (QED) is 0.0479. The van der Waals surface area contributed by atoms with Gasteiger partial charge in [-0.2, -0.15) is 0 Å². The molecule has 5 aromatic rings. The van der Waals surface area contributed by atoms with E-state index in [0.29, 0.717) is 56.0 Å². The van der Waals surface area contributed by atoms with Crippen LogP contribution in [0.2, 0.25) is 10.0 Å². The number of nitrogens with zero attached hydrogens (tertiary/aromatic N) is 3. The molecule has 0 aliphatic carbocycles. The number of thioether (sulfide) groups is 1. The number of amides is 1. The topological polar surface area (TPSA) is 102 Å². The molecular formula is C35H27Cl2N3O5S2. The van der Waals surface area contributed by atoms with Gasteiger partial charge in [0, 0.05) is 21.4 Å². The number of hydrogen-bond donors (Lipinski definition) is 1. The summed E-state index contributed by atoms with van der Waals surface area (Å²) >= 11 is 15.0. The predicted molar refractivity (Wildman–Crippen MR) is 186 cm³/mol. The van der Waals surface area contributed by atoms with E-state index in [4.69, 9.17) is 32.7 Å². The molecule has 1 fully saturated rings. The first-order valence-corrected chi connectivity index (χ1v) is 17.1. The Hall–Kier alpha value is -4.35. The zero-order valence-corrected chi connectivity index (χ0v) is 28.1. The molecule has 2 heterocycles. The highest BCUT2D eigenvalue weighted by molar-refractivity contribution is 8.00. The highest BCUT2D eigenvalue weighted by Crippen LogP contribution is 2.46. The fourth-order valence-electron chi connectivity index (χ4n) is 5.04. The molecule has 1 aliphatic heterocycles. The van der Waals surface area contributed by atoms with Gasteiger partial charge in [-0.25, -0.2) is 0 Å². The number of halogens is 2. The number of aromatic nitrogens is 2. The van der Waals surface area contributed by atoms with Crippen LogP contribution in [0.25, 0.3) is 5.76 Å². The molecule has 1 atom stereocenters. The summed E-state index contributed by atoms with van der Waals surface area (Å²) in [4.78, 5) is 28.7. The Kier molecular flexibility index (Phi) is 10.1. The largest absolute Gasteiger partial charge is 0.507 e. The molecule has 1 N–H and O–H groups in total. The van der Waals surface area contributed by atoms with Crippen LogP contribution < -0.4 is 14.4 Å². The Morgan fingerprint density at radius 1 is 0.915 bits per heavy atom. The molecule has 0 saturated carbocycles. The molecule has 47 heavy (non-hydrogen) atoms. The Balaban J connectivity index is 1.39. The van der Waals surface area contributed by atoms with Crippen LogP contribution in [0, 0.1) is 0 Å². The number of aliphatic hydroxyl groups excluding tert-OH is 1. The third kappa shape index (κ3) is 7.16. The summed E-state index contributed by atoms with van der Waals surface area (Å²) in [6, 6.07) is 27.8. The van der Waals surface area contributed by atoms with Gasteiger partial charge in [0.2, 0.25) is 5.13 Å². The van der Waals surface area contributed by atoms with Gasteiger partial charge in [-0.1, -0.05) is 101 Å². The molecule has 8 nitrogen and oxygen atoms in total. The zero-order valence-electron chi connectivity index (χ0n) is 24.9. The Labute approximate surface area is 289 Å². The van der Waals surface area contributed by atoms with Gasteiger partial charge in [0.05, 0.1) is 18.2 Å². The third-order valence-corrected chi connectivity index (χ3v) is 10.0. The van der Waals surface area contributed by atoms with Crippen molar-refractivity contribution in [1.29, 1.82) is 0 Å². The number of hydrogen-bond acceptors (Lipinski definition) is 9. The van der Waals surface area contributed by atoms with E-state index in [0.717, 1.165) is 11.1 Å². The maximum Gasteiger partial charge on any atom is 0.301 e. The minimum Gasteiger partial charge on any atom is -0.507 e. The zero-order chi connectivity index (χ0) is 32.9. The van der Waals surface area contributed by atoms with Crippen molar-refractivity contribution in [3.8, 4) is 11.5 Å². The van der Waals surface area contributed by atoms with Crippen molar-refractivity contribution in [3.05, 3.63) is 135 Å². The normalized spacial score (nSPS) is 15.6. The fraction of sp³-hybridized carbons (Fsp3) is 0.143. The first-order valence-electron chi connectivity index (χ1n) is 14.5. The SMILES string of the molecule is CCOc1cc(C2C(=C(O)c3ccc(Cl)cc3)C(=O)C(=O)N2c2nnc(SCc3ccccc3Cl)s2)ccc1OCc1ccccc1. The second-order valence-corrected chi connectivity index (χ2v) is 13.3. The maximum atomic E-state index is 13.7. The molecule has 1 amide bonds. The lowest BCUT2D eigenvalue weighted by atomic mass is 9.95. The Morgan fingerprint density at radius 2 is 1.66 bits per heavy atom. The number of benzene rings is 4. The average Bonchev–Trinajstić information content (AvgIpc) is 3.66. The first kappa shape index (κ1) is 32.6. The van der Waals surface area contributed by atoms with Crippen molar-refractivity contribution in [2.75, 3.05) is 11.5 Å². The van der Waals surface area contributed by atoms with Crippen molar-refractivity contribution in [3.63, 3.8) is 0 Å². The summed E-state index contributed by atoms with van der Waals surface area (Å²) in [5, 5.41) is 21.4. The lowest BCUT2D eigenvalue weighted by Gasteiger charge is -2.23. The molecule has 12 heteroatoms. The van der Waals surface area contributed by atoms with Crippen LogP contribution in [0.4, 0.5) is 5.13 Å². The molecule has 4 aromatic carbocycles. The number of carbonyl (C=O) groups excluding carboxylic acids is 2. The second-order valence-electron chi connectivity index (χ2n) is 10.3. The van der Waals surface area contributed by atoms with Crippen LogP contribution in [-0.2, 0) is 21.9 Å². The van der Waals surface area contributed by atoms with Gasteiger partial charge in [-0.3, -0.25) is 14.5 Å². The Morgan fingerprint density at radius 3 is 2.40 bits per heavy atom. The number of ether oxygens (including phenoxy) is 2. The van der Waals surface area contributed by atoms with Gasteiger partial charge in [0.25, 0.3) is 5.78 Å². The van der Waals surface area contributed by atoms with Crippen LogP contribution in [0.15, 0.2) is 107 Å². The van der Waals surface area contributed by atoms with E-state index in [2.05, 4.69) is 10.2 Å². The van der Waals surface area contributed by atoms with E-state index in [1.54, 1.807) is 42.5 Å². The number of Topliss-reactive ketones (excluding diaryl/α,β-unsaturated/α-hetero) is 1. The highest BCUT2D eigenvalue weighted by atomic mass is 35.5. The highest BCUT2D eigenvalue weighted by Gasteiger charge is 2.48. The predicted octanol–water partition coefficient (Wildman–Crippen LogP) is 8.74. The van der Waals surface area contributed by atoms with E-state index in [1.807, 2.05) is 61.5 Å². The lowest BCUT2D eigenvalue weighted by molar-refractivity contribution is -0.132. The second kappa shape index (κ2) is 14.6. The van der Waals surface area contributed by atoms with Gasteiger partial charge < -0.3 is 14.6 Å². The van der Waals surface area contributed by atoms with E-state index in [-0.39, 0.29) is 16.5 Å². The van der Waals surface area contributed by atoms with E-state index in [1.165, 1.54) is 28.0 Å². The standard InChI is InChI=1S/C35H27Cl2N3O5S2/c1-2-44-28-18-23(14-17-27(28)45-19-21-8-4-3-5-9-21)30-29(31(41)22-12-15-25(36)16-13-22)32(42)33(43)40(30)34-38-39-35(47-34)46-20-24-10-6-7-11-26(24)37/h3-18,30,41H,2,19-20H2,1H3. The van der Waals surface area contributed by atoms with E-state index < -0.39 is 17.7 Å². The van der Waals surface area contributed by atoms with Crippen molar-refractivity contribution in [2.24, 2.45) is 0 Å². The van der Waals surface area contributed by atoms with E-state index >= 15 is 0 Å². The molecule has 0 bridgehead atoms. The van der Waals surface area contributed by atoms with Crippen molar-refractivity contribution >= 4 is 68.9 Å². The summed E-state index contributed by atoms with van der Waals surface area (Å²) in [7, 11) is 0. The van der Waals surface area contributed by atoms with Crippen LogP contribution in [0.3, 0.4) is 0 Å². The van der Waals surface area contributed by atoms with Gasteiger partial charge in [-0.05, 0) is 66.1 Å². The maximum absolute atomic E-state index is 13.7. The van der Waals surface area contributed by atoms with Crippen LogP contribution in [0.5, 0.6) is 11.5 Å². The van der Waals surface area contributed by atoms with Crippen molar-refractivity contribution in [2.45, 2.75) is 29.7 Å². The summed E-state index contributed by atoms with van der Waals surface area (Å²) in [6.45, 7) is 2.51. The van der Waals surface area contributed by atoms with Crippen LogP contribution in [0.1, 0.15) is 35.2 Å². The average molecular weight is 705 g/mol. The number of aliphatic hydroxyl groups is 1. The third-order valence-electron chi connectivity index (χ3n) is 7.29. The van der Waals surface area contributed by atoms with Gasteiger partial charge in [0.15, 0.2) is 15.8 Å². The molecule has 1 saturated heterocycles. The fourth-order valence-corrected chi connectivity index (χ4v) is 7.32. The molecule has 0 spiro atoms.